The number of carbonyl (C=O) groups excluding carboxylic acids is 1. The molecule has 8 nitrogen and oxygen atoms in total. The Balaban J connectivity index is 1.61. The van der Waals surface area contributed by atoms with Crippen LogP contribution < -0.4 is 5.76 Å². The van der Waals surface area contributed by atoms with E-state index >= 15 is 0 Å². The maximum atomic E-state index is 13.1. The number of nitrogens with zero attached hydrogens (tertiary/aromatic N) is 3. The van der Waals surface area contributed by atoms with Crippen LogP contribution in [0.15, 0.2) is 44.3 Å². The first-order valence-corrected chi connectivity index (χ1v) is 12.1. The van der Waals surface area contributed by atoms with E-state index in [1.165, 1.54) is 27.2 Å². The molecule has 1 aliphatic rings. The van der Waals surface area contributed by atoms with Gasteiger partial charge in [-0.1, -0.05) is 17.3 Å². The van der Waals surface area contributed by atoms with Gasteiger partial charge < -0.3 is 4.90 Å². The monoisotopic (exact) mass is 439 g/mol. The highest BCUT2D eigenvalue weighted by molar-refractivity contribution is 7.91. The predicted octanol–water partition coefficient (Wildman–Crippen LogP) is 1.84. The fraction of sp³-hybridized carbons (Fsp3) is 0.353. The van der Waals surface area contributed by atoms with E-state index in [0.717, 1.165) is 4.88 Å². The Kier molecular flexibility index (Phi) is 5.21. The number of rotatable bonds is 6. The molecule has 3 aromatic heterocycles. The number of carbonyl (C=O) groups is 1. The molecule has 0 aromatic carbocycles. The highest BCUT2D eigenvalue weighted by Crippen LogP contribution is 2.24. The zero-order valence-electron chi connectivity index (χ0n) is 14.7. The minimum absolute atomic E-state index is 0.0551. The Morgan fingerprint density at radius 1 is 1.29 bits per heavy atom. The van der Waals surface area contributed by atoms with Crippen LogP contribution in [-0.2, 0) is 27.7 Å². The molecule has 1 amide bonds. The number of sulfone groups is 1. The molecule has 0 aliphatic carbocycles. The summed E-state index contributed by atoms with van der Waals surface area (Å²) in [5.74, 6) is -0.742. The molecule has 11 heteroatoms. The smallest absolute Gasteiger partial charge is 0.332 e. The third kappa shape index (κ3) is 3.96. The van der Waals surface area contributed by atoms with Gasteiger partial charge in [0.15, 0.2) is 15.7 Å². The van der Waals surface area contributed by atoms with Gasteiger partial charge in [0.1, 0.15) is 6.54 Å². The molecule has 148 valence electrons. The van der Waals surface area contributed by atoms with E-state index < -0.39 is 21.6 Å². The van der Waals surface area contributed by atoms with Crippen LogP contribution >= 0.6 is 22.7 Å². The fourth-order valence-electron chi connectivity index (χ4n) is 3.23. The van der Waals surface area contributed by atoms with Crippen molar-refractivity contribution in [1.29, 1.82) is 0 Å². The molecule has 1 aliphatic heterocycles. The fourth-order valence-corrected chi connectivity index (χ4v) is 6.38. The van der Waals surface area contributed by atoms with Crippen molar-refractivity contribution in [2.45, 2.75) is 25.6 Å². The molecular formula is C17H17N3O5S3. The molecule has 0 spiro atoms. The molecule has 0 N–H and O–H groups in total. The minimum Gasteiger partial charge on any atom is -0.332 e. The minimum atomic E-state index is -3.15. The summed E-state index contributed by atoms with van der Waals surface area (Å²) >= 11 is 2.88. The zero-order valence-corrected chi connectivity index (χ0v) is 17.1. The standard InChI is InChI=1S/C17H17N3O5S3/c21-15(10-20-16(18-25-17(20)22)14-4-2-7-27-14)19(9-13-3-1-6-26-13)12-5-8-28(23,24)11-12/h1-4,6-7,12H,5,8-11H2. The van der Waals surface area contributed by atoms with Crippen LogP contribution in [0.3, 0.4) is 0 Å². The van der Waals surface area contributed by atoms with Gasteiger partial charge in [-0.2, -0.15) is 0 Å². The van der Waals surface area contributed by atoms with Crippen LogP contribution in [0.4, 0.5) is 0 Å². The third-order valence-corrected chi connectivity index (χ3v) is 8.07. The van der Waals surface area contributed by atoms with Crippen molar-refractivity contribution in [1.82, 2.24) is 14.6 Å². The molecule has 0 saturated carbocycles. The Morgan fingerprint density at radius 3 is 2.71 bits per heavy atom. The number of amides is 1. The molecule has 4 heterocycles. The van der Waals surface area contributed by atoms with Gasteiger partial charge in [0.25, 0.3) is 0 Å². The summed E-state index contributed by atoms with van der Waals surface area (Å²) in [7, 11) is -3.15. The maximum absolute atomic E-state index is 13.1. The lowest BCUT2D eigenvalue weighted by Gasteiger charge is -2.28. The predicted molar refractivity (Wildman–Crippen MR) is 106 cm³/mol. The summed E-state index contributed by atoms with van der Waals surface area (Å²) in [5.41, 5.74) is 0. The summed E-state index contributed by atoms with van der Waals surface area (Å²) < 4.78 is 29.8. The normalized spacial score (nSPS) is 18.4. The Labute approximate surface area is 168 Å². The van der Waals surface area contributed by atoms with Crippen LogP contribution in [0.1, 0.15) is 11.3 Å². The van der Waals surface area contributed by atoms with Crippen LogP contribution in [0.25, 0.3) is 10.7 Å². The van der Waals surface area contributed by atoms with E-state index in [4.69, 9.17) is 4.52 Å². The van der Waals surface area contributed by atoms with E-state index in [-0.39, 0.29) is 24.0 Å². The zero-order chi connectivity index (χ0) is 19.7. The molecule has 3 aromatic rings. The second-order valence-electron chi connectivity index (χ2n) is 6.49. The van der Waals surface area contributed by atoms with Crippen molar-refractivity contribution in [3.63, 3.8) is 0 Å². The van der Waals surface area contributed by atoms with Crippen molar-refractivity contribution in [3.8, 4) is 10.7 Å². The molecule has 1 atom stereocenters. The topological polar surface area (TPSA) is 102 Å². The molecule has 0 bridgehead atoms. The molecule has 28 heavy (non-hydrogen) atoms. The van der Waals surface area contributed by atoms with Gasteiger partial charge >= 0.3 is 5.76 Å². The first-order valence-electron chi connectivity index (χ1n) is 8.55. The van der Waals surface area contributed by atoms with Gasteiger partial charge in [-0.15, -0.1) is 22.7 Å². The van der Waals surface area contributed by atoms with E-state index in [1.54, 1.807) is 11.0 Å². The largest absolute Gasteiger partial charge is 0.442 e. The van der Waals surface area contributed by atoms with Crippen LogP contribution in [0.2, 0.25) is 0 Å². The van der Waals surface area contributed by atoms with Crippen molar-refractivity contribution < 1.29 is 17.7 Å². The van der Waals surface area contributed by atoms with Crippen LogP contribution in [-0.4, -0.2) is 46.5 Å². The van der Waals surface area contributed by atoms with Crippen LogP contribution in [0.5, 0.6) is 0 Å². The average molecular weight is 440 g/mol. The lowest BCUT2D eigenvalue weighted by atomic mass is 10.2. The van der Waals surface area contributed by atoms with Gasteiger partial charge in [0.2, 0.25) is 5.91 Å². The van der Waals surface area contributed by atoms with E-state index in [9.17, 15) is 18.0 Å². The van der Waals surface area contributed by atoms with Crippen LogP contribution in [0, 0.1) is 0 Å². The number of hydrogen-bond acceptors (Lipinski definition) is 8. The molecule has 0 radical (unpaired) electrons. The van der Waals surface area contributed by atoms with Gasteiger partial charge in [-0.05, 0) is 29.3 Å². The average Bonchev–Trinajstić information content (AvgIpc) is 3.42. The quantitative estimate of drug-likeness (QED) is 0.581. The molecule has 4 rings (SSSR count). The number of hydrogen-bond donors (Lipinski definition) is 0. The van der Waals surface area contributed by atoms with Crippen molar-refractivity contribution in [2.24, 2.45) is 0 Å². The SMILES string of the molecule is O=C(Cn1c(-c2cccs2)noc1=O)N(Cc1cccs1)C1CCS(=O)(=O)C1. The highest BCUT2D eigenvalue weighted by atomic mass is 32.2. The summed E-state index contributed by atoms with van der Waals surface area (Å²) in [6, 6.07) is 6.98. The highest BCUT2D eigenvalue weighted by Gasteiger charge is 2.35. The maximum Gasteiger partial charge on any atom is 0.442 e. The Bertz CT molecular complexity index is 1110. The van der Waals surface area contributed by atoms with E-state index in [1.807, 2.05) is 29.0 Å². The summed E-state index contributed by atoms with van der Waals surface area (Å²) in [6.07, 6.45) is 0.399. The van der Waals surface area contributed by atoms with Gasteiger partial charge in [-0.3, -0.25) is 9.32 Å². The Morgan fingerprint density at radius 2 is 2.07 bits per heavy atom. The van der Waals surface area contributed by atoms with Gasteiger partial charge in [-0.25, -0.2) is 17.8 Å². The van der Waals surface area contributed by atoms with Gasteiger partial charge in [0, 0.05) is 10.9 Å². The molecular weight excluding hydrogens is 422 g/mol. The summed E-state index contributed by atoms with van der Waals surface area (Å²) in [6.45, 7) is 0.0581. The van der Waals surface area contributed by atoms with Gasteiger partial charge in [0.05, 0.1) is 22.9 Å². The molecule has 1 unspecified atom stereocenters. The lowest BCUT2D eigenvalue weighted by Crippen LogP contribution is -2.43. The number of aromatic nitrogens is 2. The summed E-state index contributed by atoms with van der Waals surface area (Å²) in [4.78, 5) is 28.5. The third-order valence-electron chi connectivity index (χ3n) is 4.60. The lowest BCUT2D eigenvalue weighted by molar-refractivity contribution is -0.134. The Hall–Kier alpha value is -2.24. The van der Waals surface area contributed by atoms with E-state index in [0.29, 0.717) is 23.7 Å². The summed E-state index contributed by atoms with van der Waals surface area (Å²) in [5, 5.41) is 7.53. The van der Waals surface area contributed by atoms with Crippen molar-refractivity contribution in [2.75, 3.05) is 11.5 Å². The first kappa shape index (κ1) is 19.1. The van der Waals surface area contributed by atoms with Crippen molar-refractivity contribution >= 4 is 38.4 Å². The molecule has 1 fully saturated rings. The second-order valence-corrected chi connectivity index (χ2v) is 10.7. The number of thiophene rings is 2. The molecule has 1 saturated heterocycles. The van der Waals surface area contributed by atoms with E-state index in [2.05, 4.69) is 5.16 Å². The second kappa shape index (κ2) is 7.64. The first-order chi connectivity index (χ1) is 13.4. The van der Waals surface area contributed by atoms with Crippen molar-refractivity contribution in [3.05, 3.63) is 50.5 Å².